The second-order valence-corrected chi connectivity index (χ2v) is 9.72. The molecule has 0 bridgehead atoms. The number of nitrogens with zero attached hydrogens (tertiary/aromatic N) is 1. The van der Waals surface area contributed by atoms with E-state index in [1.54, 1.807) is 25.2 Å². The zero-order valence-corrected chi connectivity index (χ0v) is 18.0. The van der Waals surface area contributed by atoms with Gasteiger partial charge in [-0.1, -0.05) is 30.3 Å². The first-order valence-corrected chi connectivity index (χ1v) is 11.3. The van der Waals surface area contributed by atoms with Crippen LogP contribution >= 0.6 is 11.3 Å². The first-order valence-electron chi connectivity index (χ1n) is 9.05. The van der Waals surface area contributed by atoms with Crippen LogP contribution in [0.2, 0.25) is 0 Å². The fourth-order valence-electron chi connectivity index (χ4n) is 2.95. The molecule has 6 nitrogen and oxygen atoms in total. The highest BCUT2D eigenvalue weighted by Gasteiger charge is 2.19. The Morgan fingerprint density at radius 1 is 1.14 bits per heavy atom. The van der Waals surface area contributed by atoms with Crippen molar-refractivity contribution in [1.82, 2.24) is 9.71 Å². The molecule has 0 saturated heterocycles. The molecule has 0 aliphatic heterocycles. The van der Waals surface area contributed by atoms with E-state index in [0.29, 0.717) is 17.5 Å². The molecule has 1 heterocycles. The van der Waals surface area contributed by atoms with Gasteiger partial charge in [0, 0.05) is 23.4 Å². The Kier molecular flexibility index (Phi) is 6.16. The van der Waals surface area contributed by atoms with Gasteiger partial charge >= 0.3 is 5.97 Å². The van der Waals surface area contributed by atoms with Gasteiger partial charge in [-0.15, -0.1) is 11.3 Å². The summed E-state index contributed by atoms with van der Waals surface area (Å²) in [4.78, 5) is 17.0. The molecule has 0 unspecified atom stereocenters. The summed E-state index contributed by atoms with van der Waals surface area (Å²) in [5.41, 5.74) is 3.05. The molecule has 0 saturated carbocycles. The normalized spacial score (nSPS) is 11.6. The van der Waals surface area contributed by atoms with E-state index in [9.17, 15) is 18.3 Å². The minimum absolute atomic E-state index is 0.00627. The number of nitrogens with one attached hydrogen (secondary N) is 1. The van der Waals surface area contributed by atoms with Gasteiger partial charge in [-0.25, -0.2) is 22.9 Å². The molecule has 0 atom stereocenters. The Hall–Kier alpha value is -2.55. The second kappa shape index (κ2) is 8.44. The molecule has 8 heteroatoms. The van der Waals surface area contributed by atoms with Crippen molar-refractivity contribution in [3.05, 3.63) is 69.7 Å². The van der Waals surface area contributed by atoms with Crippen LogP contribution in [0.3, 0.4) is 0 Å². The average Bonchev–Trinajstić information content (AvgIpc) is 3.05. The Morgan fingerprint density at radius 3 is 2.48 bits per heavy atom. The zero-order valence-electron chi connectivity index (χ0n) is 16.4. The minimum atomic E-state index is -3.82. The lowest BCUT2D eigenvalue weighted by Crippen LogP contribution is -2.26. The number of benzene rings is 2. The summed E-state index contributed by atoms with van der Waals surface area (Å²) in [6, 6.07) is 12.5. The molecule has 3 aromatic rings. The molecular formula is C21H22N2O4S2. The van der Waals surface area contributed by atoms with Crippen LogP contribution in [0.1, 0.15) is 32.1 Å². The van der Waals surface area contributed by atoms with Crippen LogP contribution in [-0.4, -0.2) is 31.0 Å². The summed E-state index contributed by atoms with van der Waals surface area (Å²) in [5.74, 6) is -1.14. The van der Waals surface area contributed by atoms with E-state index in [-0.39, 0.29) is 17.0 Å². The Balaban J connectivity index is 1.74. The van der Waals surface area contributed by atoms with Crippen molar-refractivity contribution >= 4 is 27.3 Å². The first kappa shape index (κ1) is 21.2. The molecule has 0 aliphatic carbocycles. The largest absolute Gasteiger partial charge is 0.478 e. The Morgan fingerprint density at radius 2 is 1.83 bits per heavy atom. The van der Waals surface area contributed by atoms with E-state index in [1.807, 2.05) is 37.3 Å². The molecular weight excluding hydrogens is 408 g/mol. The first-order chi connectivity index (χ1) is 13.7. The molecule has 2 N–H and O–H groups in total. The molecule has 1 aromatic heterocycles. The highest BCUT2D eigenvalue weighted by atomic mass is 32.2. The molecule has 2 aromatic carbocycles. The van der Waals surface area contributed by atoms with Crippen LogP contribution < -0.4 is 4.72 Å². The van der Waals surface area contributed by atoms with E-state index in [0.717, 1.165) is 21.1 Å². The van der Waals surface area contributed by atoms with Gasteiger partial charge in [0.1, 0.15) is 5.01 Å². The zero-order chi connectivity index (χ0) is 21.2. The molecule has 0 spiro atoms. The number of rotatable bonds is 7. The third-order valence-electron chi connectivity index (χ3n) is 4.75. The van der Waals surface area contributed by atoms with E-state index in [2.05, 4.69) is 9.71 Å². The lowest BCUT2D eigenvalue weighted by molar-refractivity contribution is 0.0695. The lowest BCUT2D eigenvalue weighted by Gasteiger charge is -2.11. The number of hydrogen-bond acceptors (Lipinski definition) is 5. The molecule has 0 radical (unpaired) electrons. The lowest BCUT2D eigenvalue weighted by atomic mass is 10.0. The number of sulfonamides is 1. The Labute approximate surface area is 174 Å². The van der Waals surface area contributed by atoms with E-state index in [4.69, 9.17) is 0 Å². The predicted octanol–water partition coefficient (Wildman–Crippen LogP) is 3.95. The number of carboxylic acid groups (broad SMARTS) is 1. The molecule has 3 rings (SSSR count). The fourth-order valence-corrected chi connectivity index (χ4v) is 5.06. The van der Waals surface area contributed by atoms with Crippen LogP contribution in [0.4, 0.5) is 0 Å². The predicted molar refractivity (Wildman–Crippen MR) is 114 cm³/mol. The van der Waals surface area contributed by atoms with Crippen molar-refractivity contribution in [2.75, 3.05) is 6.54 Å². The molecule has 29 heavy (non-hydrogen) atoms. The van der Waals surface area contributed by atoms with E-state index in [1.165, 1.54) is 12.1 Å². The van der Waals surface area contributed by atoms with Crippen LogP contribution in [0.5, 0.6) is 0 Å². The minimum Gasteiger partial charge on any atom is -0.478 e. The fraction of sp³-hybridized carbons (Fsp3) is 0.238. The van der Waals surface area contributed by atoms with E-state index < -0.39 is 16.0 Å². The van der Waals surface area contributed by atoms with Gasteiger partial charge in [-0.05, 0) is 44.0 Å². The number of carboxylic acids is 1. The maximum atomic E-state index is 12.7. The van der Waals surface area contributed by atoms with Crippen LogP contribution in [0.25, 0.3) is 10.6 Å². The highest BCUT2D eigenvalue weighted by Crippen LogP contribution is 2.27. The number of hydrogen-bond donors (Lipinski definition) is 2. The summed E-state index contributed by atoms with van der Waals surface area (Å²) in [6.07, 6.45) is 0.449. The van der Waals surface area contributed by atoms with Gasteiger partial charge in [0.2, 0.25) is 10.0 Å². The summed E-state index contributed by atoms with van der Waals surface area (Å²) < 4.78 is 27.9. The number of aryl methyl sites for hydroxylation is 2. The molecule has 152 valence electrons. The smallest absolute Gasteiger partial charge is 0.336 e. The monoisotopic (exact) mass is 430 g/mol. The van der Waals surface area contributed by atoms with Gasteiger partial charge in [0.25, 0.3) is 0 Å². The second-order valence-electron chi connectivity index (χ2n) is 6.75. The van der Waals surface area contributed by atoms with Gasteiger partial charge in [-0.2, -0.15) is 0 Å². The van der Waals surface area contributed by atoms with Crippen LogP contribution in [0.15, 0.2) is 47.4 Å². The number of carbonyl (C=O) groups is 1. The van der Waals surface area contributed by atoms with Crippen molar-refractivity contribution in [1.29, 1.82) is 0 Å². The summed E-state index contributed by atoms with van der Waals surface area (Å²) in [6.45, 7) is 5.51. The van der Waals surface area contributed by atoms with Crippen molar-refractivity contribution in [2.45, 2.75) is 32.1 Å². The van der Waals surface area contributed by atoms with E-state index >= 15 is 0 Å². The average molecular weight is 431 g/mol. The third-order valence-corrected chi connectivity index (χ3v) is 7.25. The maximum Gasteiger partial charge on any atom is 0.336 e. The van der Waals surface area contributed by atoms with Crippen molar-refractivity contribution in [3.8, 4) is 10.6 Å². The summed E-state index contributed by atoms with van der Waals surface area (Å²) >= 11 is 1.58. The number of aromatic carboxylic acids is 1. The van der Waals surface area contributed by atoms with Gasteiger partial charge in [-0.3, -0.25) is 0 Å². The maximum absolute atomic E-state index is 12.7. The highest BCUT2D eigenvalue weighted by molar-refractivity contribution is 7.89. The quantitative estimate of drug-likeness (QED) is 0.592. The van der Waals surface area contributed by atoms with Crippen LogP contribution in [-0.2, 0) is 16.4 Å². The Bertz CT molecular complexity index is 1150. The van der Waals surface area contributed by atoms with Crippen molar-refractivity contribution < 1.29 is 18.3 Å². The molecule has 0 aliphatic rings. The third kappa shape index (κ3) is 4.72. The molecule has 0 fully saturated rings. The molecule has 0 amide bonds. The van der Waals surface area contributed by atoms with Crippen molar-refractivity contribution in [3.63, 3.8) is 0 Å². The number of aromatic nitrogens is 1. The number of thiazole rings is 1. The SMILES string of the molecule is Cc1cc(S(=O)(=O)NCCc2nc(-c3ccccc3)sc2C)cc(C(=O)O)c1C. The van der Waals surface area contributed by atoms with Gasteiger partial charge in [0.15, 0.2) is 0 Å². The summed E-state index contributed by atoms with van der Waals surface area (Å²) in [7, 11) is -3.82. The summed E-state index contributed by atoms with van der Waals surface area (Å²) in [5, 5.41) is 10.2. The van der Waals surface area contributed by atoms with Crippen LogP contribution in [0, 0.1) is 20.8 Å². The standard InChI is InChI=1S/C21H22N2O4S2/c1-13-11-17(12-18(14(13)2)21(24)25)29(26,27)22-10-9-19-15(3)28-20(23-19)16-7-5-4-6-8-16/h4-8,11-12,22H,9-10H2,1-3H3,(H,24,25). The van der Waals surface area contributed by atoms with Crippen molar-refractivity contribution in [2.24, 2.45) is 0 Å². The van der Waals surface area contributed by atoms with Gasteiger partial charge in [0.05, 0.1) is 16.2 Å². The topological polar surface area (TPSA) is 96.4 Å². The van der Waals surface area contributed by atoms with Gasteiger partial charge < -0.3 is 5.11 Å².